The van der Waals surface area contributed by atoms with Crippen LogP contribution in [0.4, 0.5) is 0 Å². The van der Waals surface area contributed by atoms with Gasteiger partial charge in [-0.15, -0.1) is 0 Å². The second-order valence-electron chi connectivity index (χ2n) is 6.95. The van der Waals surface area contributed by atoms with Crippen LogP contribution in [0.1, 0.15) is 22.3 Å². The molecule has 0 bridgehead atoms. The third-order valence-electron chi connectivity index (χ3n) is 5.33. The molecular weight excluding hydrogens is 368 g/mol. The number of nitrogens with zero attached hydrogens (tertiary/aromatic N) is 1. The zero-order chi connectivity index (χ0) is 20.4. The maximum absolute atomic E-state index is 13.0. The molecule has 0 atom stereocenters. The highest BCUT2D eigenvalue weighted by atomic mass is 16.5. The lowest BCUT2D eigenvalue weighted by molar-refractivity contribution is 0.0772. The molecule has 6 heteroatoms. The van der Waals surface area contributed by atoms with Gasteiger partial charge in [-0.3, -0.25) is 4.79 Å². The number of benzene rings is 2. The molecule has 1 aromatic heterocycles. The molecule has 0 saturated heterocycles. The van der Waals surface area contributed by atoms with Crippen LogP contribution in [0.5, 0.6) is 17.2 Å². The van der Waals surface area contributed by atoms with Gasteiger partial charge >= 0.3 is 0 Å². The highest BCUT2D eigenvalue weighted by Crippen LogP contribution is 2.32. The summed E-state index contributed by atoms with van der Waals surface area (Å²) in [6, 6.07) is 11.3. The van der Waals surface area contributed by atoms with E-state index in [0.29, 0.717) is 30.2 Å². The van der Waals surface area contributed by atoms with Crippen molar-refractivity contribution in [3.63, 3.8) is 0 Å². The van der Waals surface area contributed by atoms with E-state index in [0.717, 1.165) is 28.6 Å². The molecule has 1 N–H and O–H groups in total. The zero-order valence-electron chi connectivity index (χ0n) is 16.8. The highest BCUT2D eigenvalue weighted by Gasteiger charge is 2.22. The average molecular weight is 392 g/mol. The molecule has 1 aliphatic heterocycles. The van der Waals surface area contributed by atoms with E-state index in [1.54, 1.807) is 39.5 Å². The zero-order valence-corrected chi connectivity index (χ0v) is 16.8. The minimum absolute atomic E-state index is 0.0295. The Bertz CT molecular complexity index is 1060. The van der Waals surface area contributed by atoms with Crippen LogP contribution >= 0.6 is 0 Å². The van der Waals surface area contributed by atoms with Crippen molar-refractivity contribution in [2.75, 3.05) is 34.4 Å². The Labute approximate surface area is 169 Å². The summed E-state index contributed by atoms with van der Waals surface area (Å²) in [5.74, 6) is 2.01. The van der Waals surface area contributed by atoms with Crippen LogP contribution in [-0.4, -0.2) is 50.2 Å². The number of aromatic nitrogens is 1. The maximum Gasteiger partial charge on any atom is 0.254 e. The molecule has 0 spiro atoms. The van der Waals surface area contributed by atoms with Crippen LogP contribution in [0.25, 0.3) is 16.5 Å². The second-order valence-corrected chi connectivity index (χ2v) is 6.95. The van der Waals surface area contributed by atoms with Crippen molar-refractivity contribution in [3.8, 4) is 17.2 Å². The summed E-state index contributed by atoms with van der Waals surface area (Å²) >= 11 is 0. The molecule has 2 heterocycles. The van der Waals surface area contributed by atoms with Crippen molar-refractivity contribution in [2.24, 2.45) is 0 Å². The summed E-state index contributed by atoms with van der Waals surface area (Å²) in [5, 5.41) is 1.13. The van der Waals surface area contributed by atoms with Gasteiger partial charge in [0.2, 0.25) is 0 Å². The Morgan fingerprint density at radius 2 is 1.69 bits per heavy atom. The van der Waals surface area contributed by atoms with Gasteiger partial charge in [-0.1, -0.05) is 6.08 Å². The third-order valence-corrected chi connectivity index (χ3v) is 5.33. The molecule has 2 aromatic carbocycles. The largest absolute Gasteiger partial charge is 0.497 e. The predicted molar refractivity (Wildman–Crippen MR) is 113 cm³/mol. The first-order chi connectivity index (χ1) is 14.1. The number of nitrogens with one attached hydrogen (secondary N) is 1. The molecule has 0 aliphatic carbocycles. The molecule has 3 aromatic rings. The molecular formula is C23H24N2O4. The first-order valence-electron chi connectivity index (χ1n) is 9.50. The van der Waals surface area contributed by atoms with E-state index in [9.17, 15) is 4.79 Å². The number of aromatic amines is 1. The topological polar surface area (TPSA) is 63.8 Å². The smallest absolute Gasteiger partial charge is 0.254 e. The number of fused-ring (bicyclic) bond motifs is 1. The monoisotopic (exact) mass is 392 g/mol. The Hall–Kier alpha value is -3.41. The van der Waals surface area contributed by atoms with Gasteiger partial charge in [-0.25, -0.2) is 0 Å². The Morgan fingerprint density at radius 3 is 2.31 bits per heavy atom. The van der Waals surface area contributed by atoms with Crippen molar-refractivity contribution in [1.29, 1.82) is 0 Å². The Balaban J connectivity index is 1.56. The SMILES string of the molecule is COc1cc(OC)cc(C(=O)N2CC=C(c3c[nH]c4ccc(OC)cc34)CC2)c1. The number of carbonyl (C=O) groups excluding carboxylic acids is 1. The number of ether oxygens (including phenoxy) is 3. The molecule has 0 saturated carbocycles. The number of carbonyl (C=O) groups is 1. The van der Waals surface area contributed by atoms with E-state index in [-0.39, 0.29) is 5.91 Å². The van der Waals surface area contributed by atoms with Crippen LogP contribution in [0.15, 0.2) is 48.7 Å². The summed E-state index contributed by atoms with van der Waals surface area (Å²) in [4.78, 5) is 18.1. The lowest BCUT2D eigenvalue weighted by atomic mass is 9.98. The highest BCUT2D eigenvalue weighted by molar-refractivity contribution is 5.97. The van der Waals surface area contributed by atoms with Crippen LogP contribution in [-0.2, 0) is 0 Å². The normalized spacial score (nSPS) is 13.9. The Morgan fingerprint density at radius 1 is 0.966 bits per heavy atom. The molecule has 0 fully saturated rings. The fourth-order valence-electron chi connectivity index (χ4n) is 3.70. The van der Waals surface area contributed by atoms with Crippen LogP contribution in [0.3, 0.4) is 0 Å². The number of rotatable bonds is 5. The van der Waals surface area contributed by atoms with Crippen molar-refractivity contribution >= 4 is 22.4 Å². The van der Waals surface area contributed by atoms with Gasteiger partial charge in [0.15, 0.2) is 0 Å². The predicted octanol–water partition coefficient (Wildman–Crippen LogP) is 4.12. The van der Waals surface area contributed by atoms with Gasteiger partial charge in [0.05, 0.1) is 21.3 Å². The van der Waals surface area contributed by atoms with Gasteiger partial charge in [-0.05, 0) is 42.3 Å². The fourth-order valence-corrected chi connectivity index (χ4v) is 3.70. The molecule has 6 nitrogen and oxygen atoms in total. The number of hydrogen-bond acceptors (Lipinski definition) is 4. The number of amides is 1. The van der Waals surface area contributed by atoms with Crippen molar-refractivity contribution in [2.45, 2.75) is 6.42 Å². The van der Waals surface area contributed by atoms with E-state index in [2.05, 4.69) is 11.1 Å². The van der Waals surface area contributed by atoms with Crippen LogP contribution in [0.2, 0.25) is 0 Å². The van der Waals surface area contributed by atoms with Gasteiger partial charge in [0, 0.05) is 47.4 Å². The summed E-state index contributed by atoms with van der Waals surface area (Å²) in [7, 11) is 4.83. The van der Waals surface area contributed by atoms with Crippen LogP contribution < -0.4 is 14.2 Å². The standard InChI is InChI=1S/C23H24N2O4/c1-27-17-4-5-22-20(13-17)21(14-24-22)15-6-8-25(9-7-15)23(26)16-10-18(28-2)12-19(11-16)29-3/h4-6,10-14,24H,7-9H2,1-3H3. The second kappa shape index (κ2) is 7.91. The van der Waals surface area contributed by atoms with E-state index in [4.69, 9.17) is 14.2 Å². The summed E-state index contributed by atoms with van der Waals surface area (Å²) in [6.07, 6.45) is 4.94. The first-order valence-corrected chi connectivity index (χ1v) is 9.50. The lowest BCUT2D eigenvalue weighted by Gasteiger charge is -2.27. The molecule has 0 unspecified atom stereocenters. The molecule has 29 heavy (non-hydrogen) atoms. The minimum Gasteiger partial charge on any atom is -0.497 e. The lowest BCUT2D eigenvalue weighted by Crippen LogP contribution is -2.34. The first kappa shape index (κ1) is 18.9. The van der Waals surface area contributed by atoms with E-state index < -0.39 is 0 Å². The van der Waals surface area contributed by atoms with E-state index in [1.807, 2.05) is 29.3 Å². The van der Waals surface area contributed by atoms with E-state index >= 15 is 0 Å². The van der Waals surface area contributed by atoms with Crippen LogP contribution in [0, 0.1) is 0 Å². The number of H-pyrrole nitrogens is 1. The van der Waals surface area contributed by atoms with Gasteiger partial charge in [0.1, 0.15) is 17.2 Å². The molecule has 1 amide bonds. The maximum atomic E-state index is 13.0. The summed E-state index contributed by atoms with van der Waals surface area (Å²) in [6.45, 7) is 1.21. The molecule has 4 rings (SSSR count). The van der Waals surface area contributed by atoms with Gasteiger partial charge < -0.3 is 24.1 Å². The third kappa shape index (κ3) is 3.66. The van der Waals surface area contributed by atoms with Crippen molar-refractivity contribution in [1.82, 2.24) is 9.88 Å². The van der Waals surface area contributed by atoms with E-state index in [1.165, 1.54) is 5.57 Å². The Kier molecular flexibility index (Phi) is 5.16. The van der Waals surface area contributed by atoms with Crippen molar-refractivity contribution in [3.05, 3.63) is 59.8 Å². The van der Waals surface area contributed by atoms with Gasteiger partial charge in [-0.2, -0.15) is 0 Å². The quantitative estimate of drug-likeness (QED) is 0.709. The molecule has 150 valence electrons. The minimum atomic E-state index is -0.0295. The summed E-state index contributed by atoms with van der Waals surface area (Å²) < 4.78 is 15.9. The fraction of sp³-hybridized carbons (Fsp3) is 0.261. The summed E-state index contributed by atoms with van der Waals surface area (Å²) in [5.41, 5.74) is 4.03. The number of methoxy groups -OCH3 is 3. The number of hydrogen-bond donors (Lipinski definition) is 1. The molecule has 1 aliphatic rings. The van der Waals surface area contributed by atoms with Crippen molar-refractivity contribution < 1.29 is 19.0 Å². The molecule has 0 radical (unpaired) electrons. The van der Waals surface area contributed by atoms with Gasteiger partial charge in [0.25, 0.3) is 5.91 Å². The average Bonchev–Trinajstić information content (AvgIpc) is 3.21.